The summed E-state index contributed by atoms with van der Waals surface area (Å²) in [5, 5.41) is 9.03. The van der Waals surface area contributed by atoms with Crippen molar-refractivity contribution in [2.45, 2.75) is 90.9 Å². The van der Waals surface area contributed by atoms with E-state index in [1.54, 1.807) is 0 Å². The molecule has 0 bridgehead atoms. The molecule has 0 aliphatic carbocycles. The van der Waals surface area contributed by atoms with Gasteiger partial charge in [-0.1, -0.05) is 78.1 Å². The van der Waals surface area contributed by atoms with Gasteiger partial charge in [0.05, 0.1) is 5.92 Å². The van der Waals surface area contributed by atoms with Gasteiger partial charge in [0.2, 0.25) is 0 Å². The van der Waals surface area contributed by atoms with Gasteiger partial charge in [-0.05, 0) is 12.8 Å². The molecule has 0 rings (SSSR count). The second-order valence-electron chi connectivity index (χ2n) is 5.44. The molecule has 18 heavy (non-hydrogen) atoms. The highest BCUT2D eigenvalue weighted by Crippen LogP contribution is 2.17. The van der Waals surface area contributed by atoms with Crippen molar-refractivity contribution in [1.29, 1.82) is 0 Å². The van der Waals surface area contributed by atoms with Crippen LogP contribution in [0.4, 0.5) is 0 Å². The summed E-state index contributed by atoms with van der Waals surface area (Å²) in [5.41, 5.74) is 0. The molecule has 0 aromatic heterocycles. The first-order chi connectivity index (χ1) is 8.72. The normalized spacial score (nSPS) is 12.6. The number of aliphatic carboxylic acids is 1. The van der Waals surface area contributed by atoms with Crippen LogP contribution >= 0.6 is 0 Å². The third-order valence-corrected chi connectivity index (χ3v) is 3.64. The van der Waals surface area contributed by atoms with Gasteiger partial charge in [0, 0.05) is 0 Å². The van der Waals surface area contributed by atoms with Crippen molar-refractivity contribution in [3.63, 3.8) is 0 Å². The minimum absolute atomic E-state index is 0.0976. The van der Waals surface area contributed by atoms with E-state index in [1.165, 1.54) is 51.4 Å². The van der Waals surface area contributed by atoms with Crippen LogP contribution in [0.1, 0.15) is 90.9 Å². The van der Waals surface area contributed by atoms with Crippen molar-refractivity contribution < 1.29 is 9.90 Å². The summed E-state index contributed by atoms with van der Waals surface area (Å²) in [6.07, 6.45) is 14.4. The average Bonchev–Trinajstić information content (AvgIpc) is 2.35. The van der Waals surface area contributed by atoms with Gasteiger partial charge in [-0.3, -0.25) is 4.79 Å². The van der Waals surface area contributed by atoms with Crippen molar-refractivity contribution in [3.05, 3.63) is 0 Å². The Morgan fingerprint density at radius 3 is 1.72 bits per heavy atom. The largest absolute Gasteiger partial charge is 0.481 e. The molecule has 0 aliphatic heterocycles. The molecule has 2 nitrogen and oxygen atoms in total. The quantitative estimate of drug-likeness (QED) is 0.447. The number of unbranched alkanes of at least 4 members (excludes halogenated alkanes) is 8. The lowest BCUT2D eigenvalue weighted by molar-refractivity contribution is -0.142. The zero-order valence-corrected chi connectivity index (χ0v) is 12.4. The summed E-state index contributed by atoms with van der Waals surface area (Å²) in [6.45, 7) is 4.31. The Bertz CT molecular complexity index is 190. The monoisotopic (exact) mass is 256 g/mol. The van der Waals surface area contributed by atoms with Crippen LogP contribution < -0.4 is 0 Å². The van der Waals surface area contributed by atoms with Gasteiger partial charge in [-0.25, -0.2) is 0 Å². The van der Waals surface area contributed by atoms with Gasteiger partial charge < -0.3 is 5.11 Å². The van der Waals surface area contributed by atoms with Gasteiger partial charge in [-0.15, -0.1) is 0 Å². The first-order valence-electron chi connectivity index (χ1n) is 7.95. The van der Waals surface area contributed by atoms with E-state index in [0.29, 0.717) is 0 Å². The van der Waals surface area contributed by atoms with Crippen molar-refractivity contribution in [2.75, 3.05) is 0 Å². The highest BCUT2D eigenvalue weighted by Gasteiger charge is 2.14. The maximum atomic E-state index is 11.0. The molecular formula is C16H32O2. The Balaban J connectivity index is 3.30. The van der Waals surface area contributed by atoms with E-state index in [1.807, 2.05) is 0 Å². The summed E-state index contributed by atoms with van der Waals surface area (Å²) >= 11 is 0. The van der Waals surface area contributed by atoms with Gasteiger partial charge in [-0.2, -0.15) is 0 Å². The van der Waals surface area contributed by atoms with E-state index < -0.39 is 5.97 Å². The zero-order valence-electron chi connectivity index (χ0n) is 12.4. The zero-order chi connectivity index (χ0) is 13.6. The van der Waals surface area contributed by atoms with E-state index in [0.717, 1.165) is 25.7 Å². The van der Waals surface area contributed by atoms with Gasteiger partial charge in [0.1, 0.15) is 0 Å². The number of hydrogen-bond donors (Lipinski definition) is 1. The van der Waals surface area contributed by atoms with E-state index >= 15 is 0 Å². The van der Waals surface area contributed by atoms with E-state index in [4.69, 9.17) is 5.11 Å². The maximum Gasteiger partial charge on any atom is 0.306 e. The van der Waals surface area contributed by atoms with E-state index in [2.05, 4.69) is 13.8 Å². The van der Waals surface area contributed by atoms with Gasteiger partial charge in [0.25, 0.3) is 0 Å². The van der Waals surface area contributed by atoms with Crippen molar-refractivity contribution >= 4 is 5.97 Å². The second-order valence-corrected chi connectivity index (χ2v) is 5.44. The maximum absolute atomic E-state index is 11.0. The molecule has 1 unspecified atom stereocenters. The molecular weight excluding hydrogens is 224 g/mol. The van der Waals surface area contributed by atoms with Crippen LogP contribution in [0.25, 0.3) is 0 Å². The van der Waals surface area contributed by atoms with Crippen molar-refractivity contribution in [2.24, 2.45) is 5.92 Å². The van der Waals surface area contributed by atoms with Crippen LogP contribution in [0.3, 0.4) is 0 Å². The Labute approximate surface area is 113 Å². The lowest BCUT2D eigenvalue weighted by atomic mass is 9.96. The summed E-state index contributed by atoms with van der Waals surface area (Å²) in [6, 6.07) is 0. The van der Waals surface area contributed by atoms with E-state index in [9.17, 15) is 4.79 Å². The SMILES string of the molecule is CCCCCCCCCCCC(CCC)C(=O)O. The smallest absolute Gasteiger partial charge is 0.306 e. The van der Waals surface area contributed by atoms with E-state index in [-0.39, 0.29) is 5.92 Å². The highest BCUT2D eigenvalue weighted by molar-refractivity contribution is 5.69. The Morgan fingerprint density at radius 2 is 1.28 bits per heavy atom. The Morgan fingerprint density at radius 1 is 0.778 bits per heavy atom. The van der Waals surface area contributed by atoms with Crippen LogP contribution in [0.5, 0.6) is 0 Å². The molecule has 0 fully saturated rings. The summed E-state index contributed by atoms with van der Waals surface area (Å²) in [5.74, 6) is -0.698. The summed E-state index contributed by atoms with van der Waals surface area (Å²) in [7, 11) is 0. The molecule has 0 saturated heterocycles. The third-order valence-electron chi connectivity index (χ3n) is 3.64. The third kappa shape index (κ3) is 10.6. The molecule has 0 aromatic rings. The predicted molar refractivity (Wildman–Crippen MR) is 77.9 cm³/mol. The first-order valence-corrected chi connectivity index (χ1v) is 7.95. The molecule has 0 spiro atoms. The fraction of sp³-hybridized carbons (Fsp3) is 0.938. The fourth-order valence-corrected chi connectivity index (χ4v) is 2.44. The fourth-order valence-electron chi connectivity index (χ4n) is 2.44. The Hall–Kier alpha value is -0.530. The molecule has 1 N–H and O–H groups in total. The van der Waals surface area contributed by atoms with Crippen LogP contribution in [0.2, 0.25) is 0 Å². The second kappa shape index (κ2) is 12.9. The lowest BCUT2D eigenvalue weighted by Crippen LogP contribution is -2.13. The predicted octanol–water partition coefficient (Wildman–Crippen LogP) is 5.41. The minimum Gasteiger partial charge on any atom is -0.481 e. The molecule has 108 valence electrons. The molecule has 2 heteroatoms. The lowest BCUT2D eigenvalue weighted by Gasteiger charge is -2.10. The van der Waals surface area contributed by atoms with Crippen LogP contribution in [-0.2, 0) is 4.79 Å². The van der Waals surface area contributed by atoms with Gasteiger partial charge in [0.15, 0.2) is 0 Å². The topological polar surface area (TPSA) is 37.3 Å². The number of hydrogen-bond acceptors (Lipinski definition) is 1. The average molecular weight is 256 g/mol. The molecule has 0 heterocycles. The number of carboxylic acids is 1. The molecule has 0 aromatic carbocycles. The van der Waals surface area contributed by atoms with Crippen LogP contribution in [-0.4, -0.2) is 11.1 Å². The minimum atomic E-state index is -0.601. The van der Waals surface area contributed by atoms with Crippen molar-refractivity contribution in [3.8, 4) is 0 Å². The number of carboxylic acid groups (broad SMARTS) is 1. The van der Waals surface area contributed by atoms with Crippen molar-refractivity contribution in [1.82, 2.24) is 0 Å². The molecule has 1 atom stereocenters. The molecule has 0 saturated carbocycles. The molecule has 0 radical (unpaired) electrons. The first kappa shape index (κ1) is 17.5. The molecule has 0 amide bonds. The summed E-state index contributed by atoms with van der Waals surface area (Å²) < 4.78 is 0. The molecule has 0 aliphatic rings. The standard InChI is InChI=1S/C16H32O2/c1-3-5-6-7-8-9-10-11-12-14-15(13-4-2)16(17)18/h15H,3-14H2,1-2H3,(H,17,18). The van der Waals surface area contributed by atoms with Crippen LogP contribution in [0.15, 0.2) is 0 Å². The highest BCUT2D eigenvalue weighted by atomic mass is 16.4. The Kier molecular flexibility index (Phi) is 12.5. The number of carbonyl (C=O) groups is 1. The number of rotatable bonds is 13. The van der Waals surface area contributed by atoms with Crippen LogP contribution in [0, 0.1) is 5.92 Å². The summed E-state index contributed by atoms with van der Waals surface area (Å²) in [4.78, 5) is 11.0. The van der Waals surface area contributed by atoms with Gasteiger partial charge >= 0.3 is 5.97 Å².